The molecule has 0 aromatic heterocycles. The molecule has 2 aromatic rings. The summed E-state index contributed by atoms with van der Waals surface area (Å²) in [7, 11) is 1.71. The average molecular weight is 320 g/mol. The van der Waals surface area contributed by atoms with Gasteiger partial charge in [0.25, 0.3) is 0 Å². The lowest BCUT2D eigenvalue weighted by atomic mass is 10.2. The zero-order valence-corrected chi connectivity index (χ0v) is 12.1. The number of hydrogen-bond acceptors (Lipinski definition) is 2. The lowest BCUT2D eigenvalue weighted by molar-refractivity contribution is 0.160. The molecule has 98 valence electrons. The molecular weight excluding hydrogens is 306 g/mol. The second-order valence-electron chi connectivity index (χ2n) is 4.13. The fourth-order valence-electron chi connectivity index (χ4n) is 1.61. The number of ether oxygens (including phenoxy) is 1. The number of hydrogen-bond donors (Lipinski definition) is 0. The quantitative estimate of drug-likeness (QED) is 0.853. The van der Waals surface area contributed by atoms with Crippen LogP contribution in [0.25, 0.3) is 0 Å². The van der Waals surface area contributed by atoms with Gasteiger partial charge in [-0.05, 0) is 23.8 Å². The van der Waals surface area contributed by atoms with Crippen LogP contribution in [0.5, 0.6) is 5.75 Å². The van der Waals surface area contributed by atoms with Gasteiger partial charge in [0.15, 0.2) is 0 Å². The van der Waals surface area contributed by atoms with Crippen molar-refractivity contribution in [2.24, 2.45) is 0 Å². The minimum absolute atomic E-state index is 0.373. The predicted octanol–water partition coefficient (Wildman–Crippen LogP) is 4.08. The third kappa shape index (κ3) is 3.83. The highest BCUT2D eigenvalue weighted by atomic mass is 79.9. The van der Waals surface area contributed by atoms with E-state index in [2.05, 4.69) is 15.9 Å². The van der Waals surface area contributed by atoms with Crippen molar-refractivity contribution in [2.45, 2.75) is 6.54 Å². The molecule has 3 nitrogen and oxygen atoms in total. The number of rotatable bonds is 3. The van der Waals surface area contributed by atoms with E-state index in [9.17, 15) is 4.79 Å². The molecule has 2 aromatic carbocycles. The van der Waals surface area contributed by atoms with Crippen molar-refractivity contribution in [3.8, 4) is 5.75 Å². The molecule has 0 bridgehead atoms. The second-order valence-corrected chi connectivity index (χ2v) is 4.98. The standard InChI is InChI=1S/C15H14BrNO2/c1-17(11-12-7-5-6-10-14(12)16)15(18)19-13-8-3-2-4-9-13/h2-10H,11H2,1H3. The molecule has 0 heterocycles. The summed E-state index contributed by atoms with van der Waals surface area (Å²) in [5, 5.41) is 0. The highest BCUT2D eigenvalue weighted by Crippen LogP contribution is 2.18. The van der Waals surface area contributed by atoms with Crippen molar-refractivity contribution in [1.82, 2.24) is 4.90 Å². The SMILES string of the molecule is CN(Cc1ccccc1Br)C(=O)Oc1ccccc1. The normalized spacial score (nSPS) is 10.0. The van der Waals surface area contributed by atoms with Gasteiger partial charge in [-0.15, -0.1) is 0 Å². The van der Waals surface area contributed by atoms with Crippen LogP contribution in [0.2, 0.25) is 0 Å². The molecule has 4 heteroatoms. The zero-order valence-electron chi connectivity index (χ0n) is 10.5. The van der Waals surface area contributed by atoms with E-state index < -0.39 is 0 Å². The van der Waals surface area contributed by atoms with Gasteiger partial charge in [0, 0.05) is 18.1 Å². The van der Waals surface area contributed by atoms with Crippen LogP contribution < -0.4 is 4.74 Å². The van der Waals surface area contributed by atoms with E-state index in [0.29, 0.717) is 12.3 Å². The molecule has 0 saturated heterocycles. The average Bonchev–Trinajstić information content (AvgIpc) is 2.42. The first-order chi connectivity index (χ1) is 9.16. The highest BCUT2D eigenvalue weighted by Gasteiger charge is 2.12. The predicted molar refractivity (Wildman–Crippen MR) is 78.1 cm³/mol. The van der Waals surface area contributed by atoms with E-state index in [1.54, 1.807) is 19.2 Å². The number of carbonyl (C=O) groups excluding carboxylic acids is 1. The molecule has 19 heavy (non-hydrogen) atoms. The largest absolute Gasteiger partial charge is 0.415 e. The third-order valence-corrected chi connectivity index (χ3v) is 3.40. The Balaban J connectivity index is 1.98. The fraction of sp³-hybridized carbons (Fsp3) is 0.133. The van der Waals surface area contributed by atoms with Crippen molar-refractivity contribution < 1.29 is 9.53 Å². The Bertz CT molecular complexity index is 557. The van der Waals surface area contributed by atoms with Gasteiger partial charge >= 0.3 is 6.09 Å². The lowest BCUT2D eigenvalue weighted by Crippen LogP contribution is -2.29. The smallest absolute Gasteiger partial charge is 0.410 e. The van der Waals surface area contributed by atoms with E-state index in [0.717, 1.165) is 10.0 Å². The van der Waals surface area contributed by atoms with Gasteiger partial charge < -0.3 is 9.64 Å². The van der Waals surface area contributed by atoms with E-state index in [4.69, 9.17) is 4.74 Å². The summed E-state index contributed by atoms with van der Waals surface area (Å²) in [5.41, 5.74) is 1.04. The van der Waals surface area contributed by atoms with E-state index in [1.807, 2.05) is 42.5 Å². The van der Waals surface area contributed by atoms with Crippen molar-refractivity contribution >= 4 is 22.0 Å². The summed E-state index contributed by atoms with van der Waals surface area (Å²) in [6, 6.07) is 16.8. The van der Waals surface area contributed by atoms with Gasteiger partial charge in [0.1, 0.15) is 5.75 Å². The molecule has 2 rings (SSSR count). The molecule has 0 aliphatic heterocycles. The van der Waals surface area contributed by atoms with Gasteiger partial charge in [-0.3, -0.25) is 0 Å². The number of benzene rings is 2. The number of para-hydroxylation sites is 1. The molecule has 0 spiro atoms. The van der Waals surface area contributed by atoms with Crippen molar-refractivity contribution in [2.75, 3.05) is 7.05 Å². The molecule has 0 N–H and O–H groups in total. The van der Waals surface area contributed by atoms with Crippen LogP contribution in [0.3, 0.4) is 0 Å². The number of nitrogens with zero attached hydrogens (tertiary/aromatic N) is 1. The van der Waals surface area contributed by atoms with Crippen molar-refractivity contribution in [3.05, 3.63) is 64.6 Å². The van der Waals surface area contributed by atoms with Gasteiger partial charge in [-0.25, -0.2) is 4.79 Å². The first kappa shape index (κ1) is 13.6. The van der Waals surface area contributed by atoms with Gasteiger partial charge in [-0.2, -0.15) is 0 Å². The Kier molecular flexibility index (Phi) is 4.58. The van der Waals surface area contributed by atoms with Crippen molar-refractivity contribution in [1.29, 1.82) is 0 Å². The summed E-state index contributed by atoms with van der Waals surface area (Å²) in [6.45, 7) is 0.493. The minimum Gasteiger partial charge on any atom is -0.410 e. The fourth-order valence-corrected chi connectivity index (χ4v) is 2.02. The summed E-state index contributed by atoms with van der Waals surface area (Å²) < 4.78 is 6.24. The van der Waals surface area contributed by atoms with E-state index in [-0.39, 0.29) is 6.09 Å². The molecule has 0 aliphatic carbocycles. The number of carbonyl (C=O) groups is 1. The maximum Gasteiger partial charge on any atom is 0.415 e. The van der Waals surface area contributed by atoms with E-state index in [1.165, 1.54) is 4.90 Å². The Morgan fingerprint density at radius 2 is 1.74 bits per heavy atom. The van der Waals surface area contributed by atoms with Gasteiger partial charge in [-0.1, -0.05) is 52.3 Å². The molecule has 0 atom stereocenters. The Morgan fingerprint density at radius 3 is 2.42 bits per heavy atom. The van der Waals surface area contributed by atoms with Crippen LogP contribution in [0.1, 0.15) is 5.56 Å². The summed E-state index contributed by atoms with van der Waals surface area (Å²) in [6.07, 6.45) is -0.373. The van der Waals surface area contributed by atoms with E-state index >= 15 is 0 Å². The maximum atomic E-state index is 11.9. The van der Waals surface area contributed by atoms with Crippen LogP contribution in [-0.4, -0.2) is 18.0 Å². The number of amides is 1. The Labute approximate surface area is 120 Å². The molecule has 0 fully saturated rings. The van der Waals surface area contributed by atoms with Crippen molar-refractivity contribution in [3.63, 3.8) is 0 Å². The van der Waals surface area contributed by atoms with Gasteiger partial charge in [0.2, 0.25) is 0 Å². The van der Waals surface area contributed by atoms with Crippen LogP contribution in [0.15, 0.2) is 59.1 Å². The monoisotopic (exact) mass is 319 g/mol. The minimum atomic E-state index is -0.373. The topological polar surface area (TPSA) is 29.5 Å². The Morgan fingerprint density at radius 1 is 1.11 bits per heavy atom. The number of halogens is 1. The first-order valence-corrected chi connectivity index (χ1v) is 6.67. The Hall–Kier alpha value is -1.81. The van der Waals surface area contributed by atoms with Crippen LogP contribution >= 0.6 is 15.9 Å². The molecular formula is C15H14BrNO2. The van der Waals surface area contributed by atoms with Gasteiger partial charge in [0.05, 0.1) is 0 Å². The summed E-state index contributed by atoms with van der Waals surface area (Å²) in [5.74, 6) is 0.548. The molecule has 0 radical (unpaired) electrons. The first-order valence-electron chi connectivity index (χ1n) is 5.88. The summed E-state index contributed by atoms with van der Waals surface area (Å²) in [4.78, 5) is 13.5. The maximum absolute atomic E-state index is 11.9. The van der Waals surface area contributed by atoms with Crippen LogP contribution in [0, 0.1) is 0 Å². The summed E-state index contributed by atoms with van der Waals surface area (Å²) >= 11 is 3.46. The second kappa shape index (κ2) is 6.38. The molecule has 0 aliphatic rings. The van der Waals surface area contributed by atoms with Crippen LogP contribution in [0.4, 0.5) is 4.79 Å². The highest BCUT2D eigenvalue weighted by molar-refractivity contribution is 9.10. The zero-order chi connectivity index (χ0) is 13.7. The molecule has 0 saturated carbocycles. The molecule has 0 unspecified atom stereocenters. The van der Waals surface area contributed by atoms with Crippen LogP contribution in [-0.2, 0) is 6.54 Å². The third-order valence-electron chi connectivity index (χ3n) is 2.63. The lowest BCUT2D eigenvalue weighted by Gasteiger charge is -2.17. The molecule has 1 amide bonds.